The van der Waals surface area contributed by atoms with Gasteiger partial charge in [0.1, 0.15) is 11.6 Å². The maximum Gasteiger partial charge on any atom is 0.363 e. The minimum atomic E-state index is -0.668. The van der Waals surface area contributed by atoms with Crippen LogP contribution in [0.1, 0.15) is 18.1 Å². The molecule has 2 aromatic rings. The van der Waals surface area contributed by atoms with Gasteiger partial charge in [-0.15, -0.1) is 0 Å². The first-order valence-electron chi connectivity index (χ1n) is 7.19. The van der Waals surface area contributed by atoms with E-state index >= 15 is 0 Å². The van der Waals surface area contributed by atoms with Crippen molar-refractivity contribution in [2.45, 2.75) is 6.92 Å². The van der Waals surface area contributed by atoms with Gasteiger partial charge in [0.25, 0.3) is 0 Å². The third-order valence-electron chi connectivity index (χ3n) is 3.24. The number of carbonyl (C=O) groups is 2. The first-order valence-corrected chi connectivity index (χ1v) is 7.99. The van der Waals surface area contributed by atoms with E-state index < -0.39 is 17.8 Å². The monoisotopic (exact) mass is 403 g/mol. The zero-order valence-electron chi connectivity index (χ0n) is 13.0. The van der Waals surface area contributed by atoms with Gasteiger partial charge in [-0.05, 0) is 51.8 Å². The predicted octanol–water partition coefficient (Wildman–Crippen LogP) is 3.86. The van der Waals surface area contributed by atoms with E-state index in [1.165, 1.54) is 31.2 Å². The summed E-state index contributed by atoms with van der Waals surface area (Å²) in [6, 6.07) is 10.8. The molecule has 0 aromatic heterocycles. The van der Waals surface area contributed by atoms with E-state index in [2.05, 4.69) is 20.9 Å². The predicted molar refractivity (Wildman–Crippen MR) is 92.5 cm³/mol. The van der Waals surface area contributed by atoms with E-state index in [4.69, 9.17) is 9.47 Å². The number of rotatable bonds is 3. The van der Waals surface area contributed by atoms with Gasteiger partial charge in [0.05, 0.1) is 10.0 Å². The van der Waals surface area contributed by atoms with Crippen molar-refractivity contribution < 1.29 is 23.5 Å². The molecule has 0 aliphatic carbocycles. The molecule has 1 aliphatic heterocycles. The average molecular weight is 404 g/mol. The van der Waals surface area contributed by atoms with Crippen LogP contribution in [0.4, 0.5) is 4.39 Å². The van der Waals surface area contributed by atoms with Gasteiger partial charge in [0.15, 0.2) is 5.70 Å². The number of ether oxygens (including phenoxy) is 2. The molecule has 5 nitrogen and oxygen atoms in total. The molecular weight excluding hydrogens is 393 g/mol. The van der Waals surface area contributed by atoms with Gasteiger partial charge >= 0.3 is 11.9 Å². The van der Waals surface area contributed by atoms with Crippen LogP contribution < -0.4 is 4.74 Å². The summed E-state index contributed by atoms with van der Waals surface area (Å²) in [6.07, 6.45) is 1.50. The van der Waals surface area contributed by atoms with Gasteiger partial charge in [-0.3, -0.25) is 4.79 Å². The lowest BCUT2D eigenvalue weighted by Crippen LogP contribution is -2.07. The molecule has 0 spiro atoms. The molecule has 2 aromatic carbocycles. The van der Waals surface area contributed by atoms with Crippen molar-refractivity contribution in [3.05, 3.63) is 69.6 Å². The number of benzene rings is 2. The Morgan fingerprint density at radius 2 is 2.04 bits per heavy atom. The van der Waals surface area contributed by atoms with Gasteiger partial charge in [-0.25, -0.2) is 14.2 Å². The molecule has 0 amide bonds. The summed E-state index contributed by atoms with van der Waals surface area (Å²) in [6.45, 7) is 1.30. The molecule has 0 radical (unpaired) electrons. The Hall–Kier alpha value is -2.80. The van der Waals surface area contributed by atoms with E-state index in [9.17, 15) is 14.0 Å². The summed E-state index contributed by atoms with van der Waals surface area (Å²) in [5.74, 6) is -1.35. The average Bonchev–Trinajstić information content (AvgIpc) is 2.91. The Kier molecular flexibility index (Phi) is 4.76. The van der Waals surface area contributed by atoms with Crippen molar-refractivity contribution in [1.29, 1.82) is 0 Å². The number of hydrogen-bond donors (Lipinski definition) is 0. The maximum atomic E-state index is 13.8. The number of carbonyl (C=O) groups excluding carboxylic acids is 2. The van der Waals surface area contributed by atoms with Gasteiger partial charge in [-0.2, -0.15) is 0 Å². The minimum absolute atomic E-state index is 0.0467. The Balaban J connectivity index is 1.91. The molecule has 0 N–H and O–H groups in total. The summed E-state index contributed by atoms with van der Waals surface area (Å²) in [5.41, 5.74) is 0.796. The van der Waals surface area contributed by atoms with Crippen molar-refractivity contribution in [3.63, 3.8) is 0 Å². The van der Waals surface area contributed by atoms with E-state index in [1.807, 2.05) is 0 Å². The molecule has 0 fully saturated rings. The SMILES string of the molecule is CC(=O)Oc1ccc(C=C2N=C(c3ccccc3F)OC2=O)cc1Br. The number of cyclic esters (lactones) is 1. The molecule has 25 heavy (non-hydrogen) atoms. The summed E-state index contributed by atoms with van der Waals surface area (Å²) in [4.78, 5) is 27.0. The van der Waals surface area contributed by atoms with Crippen LogP contribution in [-0.4, -0.2) is 17.8 Å². The third kappa shape index (κ3) is 3.83. The highest BCUT2D eigenvalue weighted by Crippen LogP contribution is 2.28. The smallest absolute Gasteiger partial charge is 0.363 e. The molecule has 0 saturated heterocycles. The summed E-state index contributed by atoms with van der Waals surface area (Å²) in [5, 5.41) is 0. The van der Waals surface area contributed by atoms with Crippen LogP contribution in [0.15, 0.2) is 57.6 Å². The Labute approximate surface area is 150 Å². The topological polar surface area (TPSA) is 65.0 Å². The molecule has 0 atom stereocenters. The van der Waals surface area contributed by atoms with Crippen LogP contribution in [-0.2, 0) is 14.3 Å². The first-order chi connectivity index (χ1) is 11.9. The number of aliphatic imine (C=N–C) groups is 1. The minimum Gasteiger partial charge on any atom is -0.426 e. The van der Waals surface area contributed by atoms with Gasteiger partial charge < -0.3 is 9.47 Å². The maximum absolute atomic E-state index is 13.8. The Morgan fingerprint density at radius 3 is 2.72 bits per heavy atom. The molecule has 0 bridgehead atoms. The van der Waals surface area contributed by atoms with Crippen LogP contribution in [0.5, 0.6) is 5.75 Å². The number of nitrogens with zero attached hydrogens (tertiary/aromatic N) is 1. The van der Waals surface area contributed by atoms with Crippen molar-refractivity contribution in [3.8, 4) is 5.75 Å². The molecule has 0 saturated carbocycles. The second kappa shape index (κ2) is 6.98. The standard InChI is InChI=1S/C18H11BrFNO4/c1-10(22)24-16-7-6-11(8-13(16)19)9-15-18(23)25-17(21-15)12-4-2-3-5-14(12)20/h2-9H,1H3. The fourth-order valence-corrected chi connectivity index (χ4v) is 2.64. The second-order valence-corrected chi connectivity index (χ2v) is 5.95. The number of esters is 2. The van der Waals surface area contributed by atoms with Gasteiger partial charge in [0.2, 0.25) is 5.90 Å². The fraction of sp³-hybridized carbons (Fsp3) is 0.0556. The number of halogens is 2. The molecule has 7 heteroatoms. The van der Waals surface area contributed by atoms with Crippen LogP contribution >= 0.6 is 15.9 Å². The summed E-state index contributed by atoms with van der Waals surface area (Å²) in [7, 11) is 0. The molecule has 1 aliphatic rings. The van der Waals surface area contributed by atoms with Crippen LogP contribution in [0, 0.1) is 5.82 Å². The third-order valence-corrected chi connectivity index (χ3v) is 3.86. The largest absolute Gasteiger partial charge is 0.426 e. The first kappa shape index (κ1) is 17.0. The van der Waals surface area contributed by atoms with E-state index in [0.29, 0.717) is 15.8 Å². The zero-order chi connectivity index (χ0) is 18.0. The molecule has 0 unspecified atom stereocenters. The van der Waals surface area contributed by atoms with Crippen molar-refractivity contribution in [2.24, 2.45) is 4.99 Å². The lowest BCUT2D eigenvalue weighted by molar-refractivity contribution is -0.132. The van der Waals surface area contributed by atoms with Crippen molar-refractivity contribution in [1.82, 2.24) is 0 Å². The van der Waals surface area contributed by atoms with Crippen LogP contribution in [0.25, 0.3) is 6.08 Å². The van der Waals surface area contributed by atoms with Crippen LogP contribution in [0.3, 0.4) is 0 Å². The van der Waals surface area contributed by atoms with E-state index in [1.54, 1.807) is 24.3 Å². The van der Waals surface area contributed by atoms with Gasteiger partial charge in [0, 0.05) is 6.92 Å². The number of hydrogen-bond acceptors (Lipinski definition) is 5. The quantitative estimate of drug-likeness (QED) is 0.443. The van der Waals surface area contributed by atoms with Crippen LogP contribution in [0.2, 0.25) is 0 Å². The van der Waals surface area contributed by atoms with Gasteiger partial charge in [-0.1, -0.05) is 18.2 Å². The second-order valence-electron chi connectivity index (χ2n) is 5.10. The molecule has 1 heterocycles. The normalized spacial score (nSPS) is 15.1. The van der Waals surface area contributed by atoms with E-state index in [0.717, 1.165) is 0 Å². The zero-order valence-corrected chi connectivity index (χ0v) is 14.5. The fourth-order valence-electron chi connectivity index (χ4n) is 2.16. The Morgan fingerprint density at radius 1 is 1.28 bits per heavy atom. The highest BCUT2D eigenvalue weighted by atomic mass is 79.9. The summed E-state index contributed by atoms with van der Waals surface area (Å²) >= 11 is 3.29. The molecular formula is C18H11BrFNO4. The van der Waals surface area contributed by atoms with Crippen molar-refractivity contribution >= 4 is 39.8 Å². The van der Waals surface area contributed by atoms with Crippen molar-refractivity contribution in [2.75, 3.05) is 0 Å². The highest BCUT2D eigenvalue weighted by Gasteiger charge is 2.25. The molecule has 3 rings (SSSR count). The molecule has 126 valence electrons. The highest BCUT2D eigenvalue weighted by molar-refractivity contribution is 9.10. The Bertz CT molecular complexity index is 936. The lowest BCUT2D eigenvalue weighted by atomic mass is 10.2. The summed E-state index contributed by atoms with van der Waals surface area (Å²) < 4.78 is 24.4. The lowest BCUT2D eigenvalue weighted by Gasteiger charge is -2.04. The van der Waals surface area contributed by atoms with E-state index in [-0.39, 0.29) is 17.2 Å².